The summed E-state index contributed by atoms with van der Waals surface area (Å²) in [7, 11) is 0. The van der Waals surface area contributed by atoms with Crippen molar-refractivity contribution in [3.05, 3.63) is 29.6 Å². The number of nitrogens with zero attached hydrogens (tertiary/aromatic N) is 1. The first kappa shape index (κ1) is 8.01. The zero-order valence-corrected chi connectivity index (χ0v) is 6.51. The smallest absolute Gasteiger partial charge is 0.248 e. The number of primary amides is 1. The maximum absolute atomic E-state index is 10.6. The molecule has 3 nitrogen and oxygen atoms in total. The van der Waals surface area contributed by atoms with Gasteiger partial charge in [-0.2, -0.15) is 0 Å². The van der Waals surface area contributed by atoms with Gasteiger partial charge in [-0.15, -0.1) is 11.6 Å². The quantitative estimate of drug-likeness (QED) is 0.671. The molecule has 0 spiro atoms. The van der Waals surface area contributed by atoms with E-state index >= 15 is 0 Å². The van der Waals surface area contributed by atoms with Crippen LogP contribution >= 0.6 is 11.6 Å². The Hall–Kier alpha value is -1.09. The Labute approximate surface area is 69.2 Å². The van der Waals surface area contributed by atoms with Crippen molar-refractivity contribution in [2.24, 2.45) is 5.73 Å². The number of aromatic nitrogens is 1. The molecule has 0 aliphatic carbocycles. The van der Waals surface area contributed by atoms with Crippen LogP contribution in [0.1, 0.15) is 16.1 Å². The van der Waals surface area contributed by atoms with Gasteiger partial charge in [0.1, 0.15) is 0 Å². The van der Waals surface area contributed by atoms with Crippen LogP contribution in [0.25, 0.3) is 0 Å². The summed E-state index contributed by atoms with van der Waals surface area (Å²) in [6, 6.07) is 3.13. The first-order valence-electron chi connectivity index (χ1n) is 3.04. The maximum Gasteiger partial charge on any atom is 0.248 e. The number of alkyl halides is 1. The van der Waals surface area contributed by atoms with Crippen LogP contribution in [-0.4, -0.2) is 10.9 Å². The molecule has 1 rings (SSSR count). The highest BCUT2D eigenvalue weighted by Crippen LogP contribution is 2.02. The monoisotopic (exact) mass is 170 g/mol. The molecule has 0 saturated heterocycles. The fraction of sp³-hybridized carbons (Fsp3) is 0.143. The summed E-state index contributed by atoms with van der Waals surface area (Å²) in [5, 5.41) is 0. The van der Waals surface area contributed by atoms with Crippen LogP contribution in [0.3, 0.4) is 0 Å². The molecule has 0 fully saturated rings. The van der Waals surface area contributed by atoms with Gasteiger partial charge in [-0.1, -0.05) is 0 Å². The molecule has 58 valence electrons. The van der Waals surface area contributed by atoms with Crippen molar-refractivity contribution in [1.29, 1.82) is 0 Å². The Kier molecular flexibility index (Phi) is 2.44. The third kappa shape index (κ3) is 1.91. The summed E-state index contributed by atoms with van der Waals surface area (Å²) in [5.74, 6) is -0.167. The number of hydrogen-bond acceptors (Lipinski definition) is 2. The molecule has 4 heteroatoms. The molecule has 0 saturated carbocycles. The van der Waals surface area contributed by atoms with Crippen molar-refractivity contribution in [2.45, 2.75) is 5.88 Å². The second-order valence-corrected chi connectivity index (χ2v) is 2.30. The first-order chi connectivity index (χ1) is 5.24. The molecule has 0 radical (unpaired) electrons. The Morgan fingerprint density at radius 2 is 2.45 bits per heavy atom. The van der Waals surface area contributed by atoms with E-state index in [2.05, 4.69) is 4.98 Å². The SMILES string of the molecule is NC(=O)c1ccnc(CCl)c1. The van der Waals surface area contributed by atoms with Crippen molar-refractivity contribution in [2.75, 3.05) is 0 Å². The number of halogens is 1. The van der Waals surface area contributed by atoms with Crippen LogP contribution in [0, 0.1) is 0 Å². The molecule has 0 unspecified atom stereocenters. The predicted molar refractivity (Wildman–Crippen MR) is 42.3 cm³/mol. The van der Waals surface area contributed by atoms with Crippen LogP contribution in [0.2, 0.25) is 0 Å². The molecule has 0 aliphatic heterocycles. The van der Waals surface area contributed by atoms with Gasteiger partial charge in [-0.25, -0.2) is 0 Å². The molecule has 1 amide bonds. The summed E-state index contributed by atoms with van der Waals surface area (Å²) in [5.41, 5.74) is 6.12. The Morgan fingerprint density at radius 1 is 1.73 bits per heavy atom. The van der Waals surface area contributed by atoms with E-state index in [-0.39, 0.29) is 0 Å². The average molecular weight is 171 g/mol. The van der Waals surface area contributed by atoms with Crippen molar-refractivity contribution < 1.29 is 4.79 Å². The van der Waals surface area contributed by atoms with Gasteiger partial charge in [-0.3, -0.25) is 9.78 Å². The lowest BCUT2D eigenvalue weighted by atomic mass is 10.2. The molecule has 11 heavy (non-hydrogen) atoms. The number of hydrogen-bond donors (Lipinski definition) is 1. The van der Waals surface area contributed by atoms with Gasteiger partial charge < -0.3 is 5.73 Å². The number of rotatable bonds is 2. The van der Waals surface area contributed by atoms with Crippen LogP contribution in [0.4, 0.5) is 0 Å². The minimum absolute atomic E-state index is 0.293. The van der Waals surface area contributed by atoms with Crippen LogP contribution in [-0.2, 0) is 5.88 Å². The third-order valence-electron chi connectivity index (χ3n) is 1.24. The Bertz CT molecular complexity index is 275. The third-order valence-corrected chi connectivity index (χ3v) is 1.51. The second kappa shape index (κ2) is 3.34. The minimum Gasteiger partial charge on any atom is -0.366 e. The fourth-order valence-corrected chi connectivity index (χ4v) is 0.851. The zero-order valence-electron chi connectivity index (χ0n) is 5.75. The second-order valence-electron chi connectivity index (χ2n) is 2.03. The van der Waals surface area contributed by atoms with Gasteiger partial charge in [-0.05, 0) is 12.1 Å². The average Bonchev–Trinajstić information content (AvgIpc) is 2.05. The summed E-state index contributed by atoms with van der Waals surface area (Å²) in [4.78, 5) is 14.5. The predicted octanol–water partition coefficient (Wildman–Crippen LogP) is 0.919. The lowest BCUT2D eigenvalue weighted by Gasteiger charge is -1.96. The topological polar surface area (TPSA) is 56.0 Å². The van der Waals surface area contributed by atoms with E-state index in [0.29, 0.717) is 17.1 Å². The van der Waals surface area contributed by atoms with Gasteiger partial charge >= 0.3 is 0 Å². The van der Waals surface area contributed by atoms with Crippen LogP contribution < -0.4 is 5.73 Å². The van der Waals surface area contributed by atoms with E-state index in [1.54, 1.807) is 12.1 Å². The Balaban J connectivity index is 3.01. The molecule has 0 atom stereocenters. The van der Waals surface area contributed by atoms with Gasteiger partial charge in [0.25, 0.3) is 0 Å². The van der Waals surface area contributed by atoms with Crippen molar-refractivity contribution >= 4 is 17.5 Å². The molecule has 0 aliphatic rings. The molecular weight excluding hydrogens is 164 g/mol. The molecule has 1 aromatic heterocycles. The molecule has 0 aromatic carbocycles. The number of pyridine rings is 1. The van der Waals surface area contributed by atoms with E-state index in [1.165, 1.54) is 6.20 Å². The normalized spacial score (nSPS) is 9.55. The summed E-state index contributed by atoms with van der Waals surface area (Å²) >= 11 is 5.49. The van der Waals surface area contributed by atoms with E-state index < -0.39 is 5.91 Å². The first-order valence-corrected chi connectivity index (χ1v) is 3.58. The lowest BCUT2D eigenvalue weighted by Crippen LogP contribution is -2.11. The standard InChI is InChI=1S/C7H7ClN2O/c8-4-6-3-5(7(9)11)1-2-10-6/h1-3H,4H2,(H2,9,11). The van der Waals surface area contributed by atoms with Crippen molar-refractivity contribution in [1.82, 2.24) is 4.98 Å². The molecular formula is C7H7ClN2O. The van der Waals surface area contributed by atoms with Crippen molar-refractivity contribution in [3.8, 4) is 0 Å². The van der Waals surface area contributed by atoms with Gasteiger partial charge in [0.2, 0.25) is 5.91 Å². The summed E-state index contributed by atoms with van der Waals surface area (Å²) in [6.45, 7) is 0. The van der Waals surface area contributed by atoms with E-state index in [1.807, 2.05) is 0 Å². The van der Waals surface area contributed by atoms with E-state index in [4.69, 9.17) is 17.3 Å². The van der Waals surface area contributed by atoms with E-state index in [9.17, 15) is 4.79 Å². The highest BCUT2D eigenvalue weighted by molar-refractivity contribution is 6.16. The summed E-state index contributed by atoms with van der Waals surface area (Å²) < 4.78 is 0. The van der Waals surface area contributed by atoms with Gasteiger partial charge in [0.15, 0.2) is 0 Å². The van der Waals surface area contributed by atoms with Crippen molar-refractivity contribution in [3.63, 3.8) is 0 Å². The highest BCUT2D eigenvalue weighted by atomic mass is 35.5. The van der Waals surface area contributed by atoms with Crippen LogP contribution in [0.15, 0.2) is 18.3 Å². The molecule has 0 bridgehead atoms. The Morgan fingerprint density at radius 3 is 3.00 bits per heavy atom. The maximum atomic E-state index is 10.6. The molecule has 1 aromatic rings. The minimum atomic E-state index is -0.459. The molecule has 2 N–H and O–H groups in total. The molecule has 1 heterocycles. The van der Waals surface area contributed by atoms with Gasteiger partial charge in [0.05, 0.1) is 11.6 Å². The van der Waals surface area contributed by atoms with Gasteiger partial charge in [0, 0.05) is 11.8 Å². The number of carbonyl (C=O) groups is 1. The van der Waals surface area contributed by atoms with E-state index in [0.717, 1.165) is 0 Å². The highest BCUT2D eigenvalue weighted by Gasteiger charge is 2.00. The number of amides is 1. The summed E-state index contributed by atoms with van der Waals surface area (Å²) in [6.07, 6.45) is 1.51. The fourth-order valence-electron chi connectivity index (χ4n) is 0.705. The zero-order chi connectivity index (χ0) is 8.27. The largest absolute Gasteiger partial charge is 0.366 e. The number of carbonyl (C=O) groups excluding carboxylic acids is 1. The lowest BCUT2D eigenvalue weighted by molar-refractivity contribution is 0.1000. The number of nitrogens with two attached hydrogens (primary N) is 1. The van der Waals surface area contributed by atoms with Crippen LogP contribution in [0.5, 0.6) is 0 Å².